The Morgan fingerprint density at radius 3 is 2.71 bits per heavy atom. The van der Waals surface area contributed by atoms with Crippen molar-refractivity contribution in [3.05, 3.63) is 23.5 Å². The predicted octanol–water partition coefficient (Wildman–Crippen LogP) is 0.663. The minimum absolute atomic E-state index is 0.0163. The average Bonchev–Trinajstić information content (AvgIpc) is 3.17. The Hall–Kier alpha value is -1.67. The first-order chi connectivity index (χ1) is 9.79. The smallest absolute Gasteiger partial charge is 0.240 e. The van der Waals surface area contributed by atoms with E-state index >= 15 is 0 Å². The molecule has 0 radical (unpaired) electrons. The van der Waals surface area contributed by atoms with Crippen molar-refractivity contribution < 1.29 is 17.6 Å². The molecule has 1 amide bonds. The highest BCUT2D eigenvalue weighted by molar-refractivity contribution is 7.89. The van der Waals surface area contributed by atoms with Crippen LogP contribution in [0.15, 0.2) is 17.0 Å². The van der Waals surface area contributed by atoms with E-state index in [0.29, 0.717) is 0 Å². The van der Waals surface area contributed by atoms with Crippen LogP contribution in [0, 0.1) is 12.7 Å². The van der Waals surface area contributed by atoms with E-state index in [1.54, 1.807) is 0 Å². The van der Waals surface area contributed by atoms with Crippen molar-refractivity contribution in [2.45, 2.75) is 37.1 Å². The summed E-state index contributed by atoms with van der Waals surface area (Å²) in [6.07, 6.45) is 2.02. The van der Waals surface area contributed by atoms with Gasteiger partial charge in [-0.25, -0.2) is 17.5 Å². The van der Waals surface area contributed by atoms with Gasteiger partial charge in [0.1, 0.15) is 5.82 Å². The van der Waals surface area contributed by atoms with E-state index in [9.17, 15) is 17.6 Å². The van der Waals surface area contributed by atoms with Crippen molar-refractivity contribution in [2.75, 3.05) is 12.3 Å². The number of aryl methyl sites for hydroxylation is 1. The average molecular weight is 315 g/mol. The Labute approximate surface area is 123 Å². The topological polar surface area (TPSA) is 101 Å². The van der Waals surface area contributed by atoms with Crippen LogP contribution in [-0.2, 0) is 14.8 Å². The molecule has 4 N–H and O–H groups in total. The molecule has 2 rings (SSSR count). The van der Waals surface area contributed by atoms with E-state index in [-0.39, 0.29) is 41.1 Å². The molecule has 1 aromatic carbocycles. The fourth-order valence-electron chi connectivity index (χ4n) is 1.86. The number of anilines is 1. The minimum atomic E-state index is -3.82. The number of hydrogen-bond donors (Lipinski definition) is 3. The number of rotatable bonds is 6. The maximum atomic E-state index is 13.2. The Morgan fingerprint density at radius 1 is 1.43 bits per heavy atom. The summed E-state index contributed by atoms with van der Waals surface area (Å²) in [5, 5.41) is 2.76. The van der Waals surface area contributed by atoms with Gasteiger partial charge in [-0.2, -0.15) is 0 Å². The molecule has 0 aromatic heterocycles. The van der Waals surface area contributed by atoms with Gasteiger partial charge in [-0.1, -0.05) is 0 Å². The largest absolute Gasteiger partial charge is 0.396 e. The van der Waals surface area contributed by atoms with Crippen LogP contribution in [0.2, 0.25) is 0 Å². The number of nitrogens with one attached hydrogen (secondary N) is 2. The number of nitrogen functional groups attached to an aromatic ring is 1. The van der Waals surface area contributed by atoms with Crippen LogP contribution in [-0.4, -0.2) is 26.9 Å². The first-order valence-electron chi connectivity index (χ1n) is 6.64. The molecule has 1 saturated carbocycles. The second-order valence-corrected chi connectivity index (χ2v) is 6.86. The summed E-state index contributed by atoms with van der Waals surface area (Å²) in [7, 11) is -3.82. The van der Waals surface area contributed by atoms with Gasteiger partial charge in [0.05, 0.1) is 10.6 Å². The van der Waals surface area contributed by atoms with Crippen LogP contribution in [0.3, 0.4) is 0 Å². The molecule has 0 saturated heterocycles. The summed E-state index contributed by atoms with van der Waals surface area (Å²) < 4.78 is 39.8. The molecule has 8 heteroatoms. The molecule has 0 heterocycles. The Bertz CT molecular complexity index is 657. The van der Waals surface area contributed by atoms with Gasteiger partial charge in [-0.3, -0.25) is 4.79 Å². The van der Waals surface area contributed by atoms with Crippen LogP contribution in [0.5, 0.6) is 0 Å². The number of amides is 1. The van der Waals surface area contributed by atoms with Gasteiger partial charge in [-0.05, 0) is 37.5 Å². The van der Waals surface area contributed by atoms with Gasteiger partial charge >= 0.3 is 0 Å². The highest BCUT2D eigenvalue weighted by atomic mass is 32.2. The second-order valence-electron chi connectivity index (χ2n) is 5.13. The highest BCUT2D eigenvalue weighted by Gasteiger charge is 2.23. The van der Waals surface area contributed by atoms with Crippen molar-refractivity contribution in [3.8, 4) is 0 Å². The van der Waals surface area contributed by atoms with Crippen LogP contribution in [0.25, 0.3) is 0 Å². The third kappa shape index (κ3) is 4.15. The number of halogens is 1. The van der Waals surface area contributed by atoms with E-state index in [1.807, 2.05) is 0 Å². The number of carbonyl (C=O) groups is 1. The van der Waals surface area contributed by atoms with Crippen molar-refractivity contribution in [2.24, 2.45) is 0 Å². The van der Waals surface area contributed by atoms with E-state index in [4.69, 9.17) is 5.73 Å². The quantitative estimate of drug-likeness (QED) is 0.671. The summed E-state index contributed by atoms with van der Waals surface area (Å²) in [5.41, 5.74) is 5.43. The molecule has 0 unspecified atom stereocenters. The summed E-state index contributed by atoms with van der Waals surface area (Å²) in [5.74, 6) is -0.842. The Morgan fingerprint density at radius 2 is 2.10 bits per heavy atom. The van der Waals surface area contributed by atoms with Crippen LogP contribution in [0.4, 0.5) is 10.1 Å². The van der Waals surface area contributed by atoms with Gasteiger partial charge < -0.3 is 11.1 Å². The monoisotopic (exact) mass is 315 g/mol. The van der Waals surface area contributed by atoms with Crippen LogP contribution >= 0.6 is 0 Å². The molecule has 1 aliphatic rings. The standard InChI is InChI=1S/C13H18FN3O3S/c1-8-6-10(14)11(15)7-12(8)21(19,20)16-5-4-13(18)17-9-2-3-9/h6-7,9,16H,2-5,15H2,1H3,(H,17,18). The number of hydrogen-bond acceptors (Lipinski definition) is 4. The lowest BCUT2D eigenvalue weighted by Gasteiger charge is -2.10. The zero-order valence-electron chi connectivity index (χ0n) is 11.6. The molecule has 21 heavy (non-hydrogen) atoms. The minimum Gasteiger partial charge on any atom is -0.396 e. The van der Waals surface area contributed by atoms with Gasteiger partial charge in [0.2, 0.25) is 15.9 Å². The molecule has 116 valence electrons. The molecular weight excluding hydrogens is 297 g/mol. The Kier molecular flexibility index (Phi) is 4.48. The fourth-order valence-corrected chi connectivity index (χ4v) is 3.15. The van der Waals surface area contributed by atoms with E-state index < -0.39 is 15.8 Å². The summed E-state index contributed by atoms with van der Waals surface area (Å²) in [4.78, 5) is 11.4. The first kappa shape index (κ1) is 15.7. The van der Waals surface area contributed by atoms with E-state index in [2.05, 4.69) is 10.0 Å². The SMILES string of the molecule is Cc1cc(F)c(N)cc1S(=O)(=O)NCCC(=O)NC1CC1. The normalized spacial score (nSPS) is 15.0. The van der Waals surface area contributed by atoms with Crippen molar-refractivity contribution in [1.29, 1.82) is 0 Å². The third-order valence-electron chi connectivity index (χ3n) is 3.17. The molecule has 1 aromatic rings. The summed E-state index contributed by atoms with van der Waals surface area (Å²) >= 11 is 0. The maximum absolute atomic E-state index is 13.2. The zero-order chi connectivity index (χ0) is 15.6. The number of sulfonamides is 1. The molecule has 1 aliphatic carbocycles. The molecule has 0 bridgehead atoms. The fraction of sp³-hybridized carbons (Fsp3) is 0.462. The molecule has 0 atom stereocenters. The Balaban J connectivity index is 1.97. The van der Waals surface area contributed by atoms with Crippen LogP contribution in [0.1, 0.15) is 24.8 Å². The van der Waals surface area contributed by atoms with Gasteiger partial charge in [0.25, 0.3) is 0 Å². The maximum Gasteiger partial charge on any atom is 0.240 e. The second kappa shape index (κ2) is 5.98. The molecule has 0 aliphatic heterocycles. The molecule has 0 spiro atoms. The van der Waals surface area contributed by atoms with E-state index in [1.165, 1.54) is 6.92 Å². The molecule has 1 fully saturated rings. The predicted molar refractivity (Wildman–Crippen MR) is 76.5 cm³/mol. The lowest BCUT2D eigenvalue weighted by molar-refractivity contribution is -0.121. The zero-order valence-corrected chi connectivity index (χ0v) is 12.5. The number of nitrogens with two attached hydrogens (primary N) is 1. The van der Waals surface area contributed by atoms with Crippen LogP contribution < -0.4 is 15.8 Å². The molecule has 6 nitrogen and oxygen atoms in total. The van der Waals surface area contributed by atoms with Crippen molar-refractivity contribution in [3.63, 3.8) is 0 Å². The van der Waals surface area contributed by atoms with Gasteiger partial charge in [0, 0.05) is 19.0 Å². The first-order valence-corrected chi connectivity index (χ1v) is 8.12. The summed E-state index contributed by atoms with van der Waals surface area (Å²) in [6.45, 7) is 1.47. The van der Waals surface area contributed by atoms with Gasteiger partial charge in [0.15, 0.2) is 0 Å². The molecular formula is C13H18FN3O3S. The lowest BCUT2D eigenvalue weighted by Crippen LogP contribution is -2.32. The lowest BCUT2D eigenvalue weighted by atomic mass is 10.2. The van der Waals surface area contributed by atoms with Crippen molar-refractivity contribution in [1.82, 2.24) is 10.0 Å². The highest BCUT2D eigenvalue weighted by Crippen LogP contribution is 2.21. The number of benzene rings is 1. The van der Waals surface area contributed by atoms with Gasteiger partial charge in [-0.15, -0.1) is 0 Å². The third-order valence-corrected chi connectivity index (χ3v) is 4.77. The van der Waals surface area contributed by atoms with Crippen molar-refractivity contribution >= 4 is 21.6 Å². The number of carbonyl (C=O) groups excluding carboxylic acids is 1. The van der Waals surface area contributed by atoms with E-state index in [0.717, 1.165) is 25.0 Å². The summed E-state index contributed by atoms with van der Waals surface area (Å²) in [6, 6.07) is 2.40.